The van der Waals surface area contributed by atoms with Gasteiger partial charge in [0.25, 0.3) is 10.0 Å². The molecule has 1 aromatic rings. The number of nitrogens with one attached hydrogen (secondary N) is 2. The molecule has 20 heavy (non-hydrogen) atoms. The van der Waals surface area contributed by atoms with E-state index >= 15 is 0 Å². The number of carbonyl (C=O) groups is 2. The molecule has 2 amide bonds. The molecule has 1 saturated heterocycles. The summed E-state index contributed by atoms with van der Waals surface area (Å²) in [4.78, 5) is 22.1. The molecule has 0 saturated carbocycles. The van der Waals surface area contributed by atoms with Gasteiger partial charge in [0.05, 0.1) is 0 Å². The van der Waals surface area contributed by atoms with Gasteiger partial charge in [-0.2, -0.15) is 4.31 Å². The average molecular weight is 319 g/mol. The van der Waals surface area contributed by atoms with Crippen LogP contribution in [-0.2, 0) is 19.6 Å². The second-order valence-electron chi connectivity index (χ2n) is 4.06. The van der Waals surface area contributed by atoms with E-state index in [2.05, 4.69) is 20.8 Å². The van der Waals surface area contributed by atoms with E-state index in [0.29, 0.717) is 0 Å². The second-order valence-corrected chi connectivity index (χ2v) is 7.15. The van der Waals surface area contributed by atoms with E-state index in [4.69, 9.17) is 0 Å². The minimum absolute atomic E-state index is 0.100. The molecule has 0 radical (unpaired) electrons. The summed E-state index contributed by atoms with van der Waals surface area (Å²) in [5.74, 6) is -0.534. The van der Waals surface area contributed by atoms with Gasteiger partial charge >= 0.3 is 0 Å². The maximum absolute atomic E-state index is 12.3. The van der Waals surface area contributed by atoms with Crippen LogP contribution in [0.1, 0.15) is 13.3 Å². The van der Waals surface area contributed by atoms with Gasteiger partial charge in [0.2, 0.25) is 21.3 Å². The number of hydrogen-bond acceptors (Lipinski definition) is 7. The Labute approximate surface area is 119 Å². The molecule has 1 aliphatic heterocycles. The van der Waals surface area contributed by atoms with Crippen LogP contribution < -0.4 is 10.6 Å². The van der Waals surface area contributed by atoms with Crippen LogP contribution in [-0.4, -0.2) is 54.4 Å². The van der Waals surface area contributed by atoms with Crippen LogP contribution >= 0.6 is 11.3 Å². The summed E-state index contributed by atoms with van der Waals surface area (Å²) in [6.45, 7) is 1.84. The van der Waals surface area contributed by atoms with Crippen molar-refractivity contribution in [3.8, 4) is 0 Å². The monoisotopic (exact) mass is 319 g/mol. The number of rotatable bonds is 3. The number of carbonyl (C=O) groups excluding carboxylic acids is 2. The number of nitrogens with zero attached hydrogens (tertiary/aromatic N) is 3. The van der Waals surface area contributed by atoms with Gasteiger partial charge < -0.3 is 10.6 Å². The molecule has 1 fully saturated rings. The van der Waals surface area contributed by atoms with Crippen molar-refractivity contribution in [2.75, 3.05) is 25.0 Å². The van der Waals surface area contributed by atoms with E-state index in [1.165, 1.54) is 11.2 Å². The van der Waals surface area contributed by atoms with Gasteiger partial charge in [-0.15, -0.1) is 10.2 Å². The highest BCUT2D eigenvalue weighted by Gasteiger charge is 2.30. The van der Waals surface area contributed by atoms with E-state index in [9.17, 15) is 18.0 Å². The largest absolute Gasteiger partial charge is 0.355 e. The molecule has 0 spiro atoms. The van der Waals surface area contributed by atoms with Crippen molar-refractivity contribution in [1.82, 2.24) is 19.8 Å². The minimum Gasteiger partial charge on any atom is -0.355 e. The first kappa shape index (κ1) is 14.8. The van der Waals surface area contributed by atoms with Crippen molar-refractivity contribution < 1.29 is 18.0 Å². The molecule has 0 aliphatic carbocycles. The normalized spacial score (nSPS) is 17.4. The summed E-state index contributed by atoms with van der Waals surface area (Å²) >= 11 is 0.780. The van der Waals surface area contributed by atoms with E-state index < -0.39 is 10.0 Å². The lowest BCUT2D eigenvalue weighted by Gasteiger charge is -2.16. The van der Waals surface area contributed by atoms with Gasteiger partial charge in [-0.3, -0.25) is 9.59 Å². The fourth-order valence-corrected chi connectivity index (χ4v) is 4.14. The molecule has 0 bridgehead atoms. The maximum Gasteiger partial charge on any atom is 0.272 e. The van der Waals surface area contributed by atoms with Crippen LogP contribution in [0.2, 0.25) is 0 Å². The highest BCUT2D eigenvalue weighted by Crippen LogP contribution is 2.23. The third-order valence-corrected chi connectivity index (χ3v) is 5.60. The fraction of sp³-hybridized carbons (Fsp3) is 0.556. The van der Waals surface area contributed by atoms with Gasteiger partial charge in [-0.25, -0.2) is 8.42 Å². The first-order valence-corrected chi connectivity index (χ1v) is 8.03. The Morgan fingerprint density at radius 3 is 2.85 bits per heavy atom. The van der Waals surface area contributed by atoms with Crippen LogP contribution in [0.3, 0.4) is 0 Å². The Balaban J connectivity index is 2.18. The first-order valence-electron chi connectivity index (χ1n) is 5.77. The second kappa shape index (κ2) is 5.81. The van der Waals surface area contributed by atoms with Crippen LogP contribution in [0.25, 0.3) is 0 Å². The molecule has 11 heteroatoms. The molecule has 110 valence electrons. The van der Waals surface area contributed by atoms with Crippen LogP contribution in [0.5, 0.6) is 0 Å². The van der Waals surface area contributed by atoms with E-state index in [-0.39, 0.29) is 47.3 Å². The Morgan fingerprint density at radius 2 is 2.15 bits per heavy atom. The summed E-state index contributed by atoms with van der Waals surface area (Å²) in [7, 11) is -3.79. The third-order valence-electron chi connectivity index (χ3n) is 2.52. The van der Waals surface area contributed by atoms with Gasteiger partial charge in [-0.05, 0) is 0 Å². The van der Waals surface area contributed by atoms with Crippen molar-refractivity contribution in [3.05, 3.63) is 0 Å². The molecule has 2 rings (SSSR count). The van der Waals surface area contributed by atoms with Gasteiger partial charge in [-0.1, -0.05) is 11.3 Å². The summed E-state index contributed by atoms with van der Waals surface area (Å²) in [5, 5.41) is 12.3. The number of amides is 2. The predicted octanol–water partition coefficient (Wildman–Crippen LogP) is -0.993. The van der Waals surface area contributed by atoms with Gasteiger partial charge in [0.1, 0.15) is 0 Å². The van der Waals surface area contributed by atoms with Crippen molar-refractivity contribution in [3.63, 3.8) is 0 Å². The molecular weight excluding hydrogens is 306 g/mol. The van der Waals surface area contributed by atoms with Crippen molar-refractivity contribution in [1.29, 1.82) is 0 Å². The van der Waals surface area contributed by atoms with Crippen molar-refractivity contribution in [2.24, 2.45) is 0 Å². The lowest BCUT2D eigenvalue weighted by Crippen LogP contribution is -2.34. The van der Waals surface area contributed by atoms with E-state index in [0.717, 1.165) is 11.3 Å². The quantitative estimate of drug-likeness (QED) is 0.690. The molecule has 2 N–H and O–H groups in total. The molecule has 0 atom stereocenters. The lowest BCUT2D eigenvalue weighted by molar-refractivity contribution is -0.120. The smallest absolute Gasteiger partial charge is 0.272 e. The SMILES string of the molecule is CC(=O)Nc1nnc(S(=O)(=O)N2CCNC(=O)CC2)s1. The topological polar surface area (TPSA) is 121 Å². The molecule has 9 nitrogen and oxygen atoms in total. The number of sulfonamides is 1. The Hall–Kier alpha value is -1.59. The van der Waals surface area contributed by atoms with Crippen LogP contribution in [0.15, 0.2) is 4.34 Å². The first-order chi connectivity index (χ1) is 9.39. The molecular formula is C9H13N5O4S2. The predicted molar refractivity (Wildman–Crippen MR) is 70.6 cm³/mol. The van der Waals surface area contributed by atoms with Crippen molar-refractivity contribution >= 4 is 38.3 Å². The highest BCUT2D eigenvalue weighted by atomic mass is 32.2. The van der Waals surface area contributed by atoms with E-state index in [1.54, 1.807) is 0 Å². The highest BCUT2D eigenvalue weighted by molar-refractivity contribution is 7.91. The third kappa shape index (κ3) is 3.29. The molecule has 1 aliphatic rings. The Morgan fingerprint density at radius 1 is 1.40 bits per heavy atom. The zero-order valence-corrected chi connectivity index (χ0v) is 12.3. The molecule has 1 aromatic heterocycles. The number of anilines is 1. The number of aromatic nitrogens is 2. The van der Waals surface area contributed by atoms with Crippen molar-refractivity contribution in [2.45, 2.75) is 17.7 Å². The molecule has 2 heterocycles. The minimum atomic E-state index is -3.79. The Kier molecular flexibility index (Phi) is 4.30. The zero-order chi connectivity index (χ0) is 14.8. The summed E-state index contributed by atoms with van der Waals surface area (Å²) in [5.41, 5.74) is 0. The summed E-state index contributed by atoms with van der Waals surface area (Å²) in [6.07, 6.45) is 0.108. The lowest BCUT2D eigenvalue weighted by atomic mass is 10.4. The van der Waals surface area contributed by atoms with Gasteiger partial charge in [0.15, 0.2) is 0 Å². The van der Waals surface area contributed by atoms with Gasteiger partial charge in [0, 0.05) is 33.0 Å². The zero-order valence-electron chi connectivity index (χ0n) is 10.6. The number of hydrogen-bond donors (Lipinski definition) is 2. The maximum atomic E-state index is 12.3. The van der Waals surface area contributed by atoms with E-state index in [1.807, 2.05) is 0 Å². The molecule has 0 aromatic carbocycles. The Bertz CT molecular complexity index is 626. The fourth-order valence-electron chi connectivity index (χ4n) is 1.61. The van der Waals surface area contributed by atoms with Crippen LogP contribution in [0, 0.1) is 0 Å². The summed E-state index contributed by atoms with van der Waals surface area (Å²) < 4.78 is 25.6. The van der Waals surface area contributed by atoms with Crippen LogP contribution in [0.4, 0.5) is 5.13 Å². The summed E-state index contributed by atoms with van der Waals surface area (Å²) in [6, 6.07) is 0. The standard InChI is InChI=1S/C9H13N5O4S2/c1-6(15)11-8-12-13-9(19-8)20(17,18)14-4-2-7(16)10-3-5-14/h2-5H2,1H3,(H,10,16)(H,11,12,15). The average Bonchev–Trinajstić information content (AvgIpc) is 2.70. The molecule has 0 unspecified atom stereocenters.